The number of rotatable bonds is 11. The van der Waals surface area contributed by atoms with Crippen LogP contribution in [0.15, 0.2) is 0 Å². The molecule has 0 saturated heterocycles. The van der Waals surface area contributed by atoms with E-state index in [0.717, 1.165) is 57.8 Å². The van der Waals surface area contributed by atoms with Gasteiger partial charge >= 0.3 is 5.97 Å². The summed E-state index contributed by atoms with van der Waals surface area (Å²) in [7, 11) is 0. The number of aliphatic hydroxyl groups is 2. The molecule has 1 unspecified atom stereocenters. The fourth-order valence-corrected chi connectivity index (χ4v) is 3.61. The lowest BCUT2D eigenvalue weighted by molar-refractivity contribution is -0.143. The third kappa shape index (κ3) is 7.59. The van der Waals surface area contributed by atoms with Gasteiger partial charge in [-0.15, -0.1) is 0 Å². The van der Waals surface area contributed by atoms with E-state index < -0.39 is 0 Å². The number of carbonyl (C=O) groups excluding carboxylic acids is 1. The zero-order valence-electron chi connectivity index (χ0n) is 14.3. The number of carbonyl (C=O) groups is 1. The molecule has 0 radical (unpaired) electrons. The van der Waals surface area contributed by atoms with E-state index in [2.05, 4.69) is 0 Å². The summed E-state index contributed by atoms with van der Waals surface area (Å²) in [5.41, 5.74) is 0. The zero-order valence-corrected chi connectivity index (χ0v) is 14.3. The minimum atomic E-state index is -0.235. The SMILES string of the molecule is CCOC(=O)CCCCCC[C@H]1[C@@H](CCC(C)O)CC[C@H]1O. The molecule has 22 heavy (non-hydrogen) atoms. The molecule has 1 aliphatic carbocycles. The van der Waals surface area contributed by atoms with Gasteiger partial charge in [-0.3, -0.25) is 4.79 Å². The summed E-state index contributed by atoms with van der Waals surface area (Å²) in [5, 5.41) is 19.6. The highest BCUT2D eigenvalue weighted by Gasteiger charge is 2.33. The van der Waals surface area contributed by atoms with Crippen LogP contribution in [0.5, 0.6) is 0 Å². The quantitative estimate of drug-likeness (QED) is 0.453. The lowest BCUT2D eigenvalue weighted by atomic mass is 9.86. The molecule has 1 fully saturated rings. The third-order valence-corrected chi connectivity index (χ3v) is 4.86. The van der Waals surface area contributed by atoms with E-state index in [4.69, 9.17) is 4.74 Å². The Hall–Kier alpha value is -0.610. The summed E-state index contributed by atoms with van der Waals surface area (Å²) in [6.45, 7) is 4.13. The fourth-order valence-electron chi connectivity index (χ4n) is 3.61. The molecule has 1 rings (SSSR count). The molecule has 1 saturated carbocycles. The van der Waals surface area contributed by atoms with Crippen molar-refractivity contribution < 1.29 is 19.7 Å². The highest BCUT2D eigenvalue weighted by Crippen LogP contribution is 2.38. The third-order valence-electron chi connectivity index (χ3n) is 4.86. The Morgan fingerprint density at radius 1 is 1.18 bits per heavy atom. The van der Waals surface area contributed by atoms with E-state index in [1.54, 1.807) is 0 Å². The van der Waals surface area contributed by atoms with E-state index in [1.165, 1.54) is 0 Å². The predicted molar refractivity (Wildman–Crippen MR) is 87.5 cm³/mol. The monoisotopic (exact) mass is 314 g/mol. The Morgan fingerprint density at radius 3 is 2.59 bits per heavy atom. The first-order chi connectivity index (χ1) is 10.5. The van der Waals surface area contributed by atoms with Gasteiger partial charge in [-0.05, 0) is 64.2 Å². The van der Waals surface area contributed by atoms with E-state index in [0.29, 0.717) is 24.9 Å². The number of aliphatic hydroxyl groups excluding tert-OH is 2. The van der Waals surface area contributed by atoms with Crippen LogP contribution in [0.25, 0.3) is 0 Å². The standard InChI is InChI=1S/C18H34O4/c1-3-22-18(21)9-7-5-4-6-8-16-15(11-10-14(2)19)12-13-17(16)20/h14-17,19-20H,3-13H2,1-2H3/t14?,15-,16-,17+/m0/s1. The average Bonchev–Trinajstić information content (AvgIpc) is 2.81. The predicted octanol–water partition coefficient (Wildman–Crippen LogP) is 3.44. The molecule has 4 nitrogen and oxygen atoms in total. The van der Waals surface area contributed by atoms with E-state index in [1.807, 2.05) is 13.8 Å². The van der Waals surface area contributed by atoms with Crippen LogP contribution < -0.4 is 0 Å². The molecule has 0 aromatic carbocycles. The maximum Gasteiger partial charge on any atom is 0.305 e. The van der Waals surface area contributed by atoms with Gasteiger partial charge in [-0.1, -0.05) is 19.3 Å². The van der Waals surface area contributed by atoms with E-state index in [-0.39, 0.29) is 18.2 Å². The summed E-state index contributed by atoms with van der Waals surface area (Å²) in [6.07, 6.45) is 9.29. The number of ether oxygens (including phenoxy) is 1. The second kappa shape index (κ2) is 11.0. The van der Waals surface area contributed by atoms with Crippen molar-refractivity contribution in [2.45, 2.75) is 90.3 Å². The number of hydrogen-bond acceptors (Lipinski definition) is 4. The Balaban J connectivity index is 2.12. The summed E-state index contributed by atoms with van der Waals surface area (Å²) in [4.78, 5) is 11.2. The molecular weight excluding hydrogens is 280 g/mol. The zero-order chi connectivity index (χ0) is 16.4. The lowest BCUT2D eigenvalue weighted by Crippen LogP contribution is -2.20. The highest BCUT2D eigenvalue weighted by atomic mass is 16.5. The summed E-state index contributed by atoms with van der Waals surface area (Å²) in [6, 6.07) is 0. The highest BCUT2D eigenvalue weighted by molar-refractivity contribution is 5.69. The normalized spacial score (nSPS) is 26.1. The molecule has 0 aromatic heterocycles. The lowest BCUT2D eigenvalue weighted by Gasteiger charge is -2.22. The van der Waals surface area contributed by atoms with Crippen molar-refractivity contribution in [2.24, 2.45) is 11.8 Å². The van der Waals surface area contributed by atoms with Crippen LogP contribution in [-0.2, 0) is 9.53 Å². The van der Waals surface area contributed by atoms with E-state index in [9.17, 15) is 15.0 Å². The van der Waals surface area contributed by atoms with Gasteiger partial charge in [0.05, 0.1) is 18.8 Å². The van der Waals surface area contributed by atoms with Gasteiger partial charge < -0.3 is 14.9 Å². The minimum Gasteiger partial charge on any atom is -0.466 e. The molecule has 2 N–H and O–H groups in total. The molecule has 0 amide bonds. The summed E-state index contributed by atoms with van der Waals surface area (Å²) >= 11 is 0. The first-order valence-corrected chi connectivity index (χ1v) is 9.06. The fraction of sp³-hybridized carbons (Fsp3) is 0.944. The average molecular weight is 314 g/mol. The molecule has 0 heterocycles. The van der Waals surface area contributed by atoms with E-state index >= 15 is 0 Å². The molecule has 0 bridgehead atoms. The second-order valence-electron chi connectivity index (χ2n) is 6.75. The van der Waals surface area contributed by atoms with Crippen molar-refractivity contribution >= 4 is 5.97 Å². The van der Waals surface area contributed by atoms with Crippen LogP contribution in [0.1, 0.15) is 78.1 Å². The smallest absolute Gasteiger partial charge is 0.305 e. The first-order valence-electron chi connectivity index (χ1n) is 9.06. The molecule has 4 atom stereocenters. The number of unbranched alkanes of at least 4 members (excludes halogenated alkanes) is 3. The van der Waals surface area contributed by atoms with Gasteiger partial charge in [0.2, 0.25) is 0 Å². The van der Waals surface area contributed by atoms with Gasteiger partial charge in [-0.25, -0.2) is 0 Å². The largest absolute Gasteiger partial charge is 0.466 e. The van der Waals surface area contributed by atoms with Crippen molar-refractivity contribution in [2.75, 3.05) is 6.61 Å². The molecule has 0 aliphatic heterocycles. The molecule has 130 valence electrons. The molecule has 0 aromatic rings. The van der Waals surface area contributed by atoms with Crippen LogP contribution in [0.2, 0.25) is 0 Å². The Bertz CT molecular complexity index is 303. The van der Waals surface area contributed by atoms with Gasteiger partial charge in [0, 0.05) is 6.42 Å². The maximum atomic E-state index is 11.2. The van der Waals surface area contributed by atoms with Crippen molar-refractivity contribution in [3.8, 4) is 0 Å². The molecule has 4 heteroatoms. The van der Waals surface area contributed by atoms with Crippen LogP contribution in [0.4, 0.5) is 0 Å². The van der Waals surface area contributed by atoms with Crippen LogP contribution in [0.3, 0.4) is 0 Å². The van der Waals surface area contributed by atoms with Crippen molar-refractivity contribution in [3.63, 3.8) is 0 Å². The Kier molecular flexibility index (Phi) is 9.73. The minimum absolute atomic E-state index is 0.0908. The van der Waals surface area contributed by atoms with Gasteiger partial charge in [0.1, 0.15) is 0 Å². The molecular formula is C18H34O4. The number of hydrogen-bond donors (Lipinski definition) is 2. The Morgan fingerprint density at radius 2 is 1.91 bits per heavy atom. The summed E-state index contributed by atoms with van der Waals surface area (Å²) < 4.78 is 4.91. The van der Waals surface area contributed by atoms with Crippen molar-refractivity contribution in [3.05, 3.63) is 0 Å². The van der Waals surface area contributed by atoms with Crippen LogP contribution in [0, 0.1) is 11.8 Å². The summed E-state index contributed by atoms with van der Waals surface area (Å²) in [5.74, 6) is 0.889. The molecule has 0 spiro atoms. The van der Waals surface area contributed by atoms with Crippen molar-refractivity contribution in [1.82, 2.24) is 0 Å². The topological polar surface area (TPSA) is 66.8 Å². The number of esters is 1. The second-order valence-corrected chi connectivity index (χ2v) is 6.75. The van der Waals surface area contributed by atoms with Crippen LogP contribution in [-0.4, -0.2) is 35.0 Å². The first kappa shape index (κ1) is 19.4. The maximum absolute atomic E-state index is 11.2. The van der Waals surface area contributed by atoms with Crippen molar-refractivity contribution in [1.29, 1.82) is 0 Å². The molecule has 1 aliphatic rings. The Labute approximate surface area is 135 Å². The van der Waals surface area contributed by atoms with Gasteiger partial charge in [-0.2, -0.15) is 0 Å². The van der Waals surface area contributed by atoms with Gasteiger partial charge in [0.15, 0.2) is 0 Å². The van der Waals surface area contributed by atoms with Crippen LogP contribution >= 0.6 is 0 Å². The van der Waals surface area contributed by atoms with Gasteiger partial charge in [0.25, 0.3) is 0 Å².